The lowest BCUT2D eigenvalue weighted by atomic mass is 9.93. The molecule has 4 rings (SSSR count). The van der Waals surface area contributed by atoms with Crippen LogP contribution in [0.4, 0.5) is 0 Å². The van der Waals surface area contributed by atoms with E-state index in [1.54, 1.807) is 28.0 Å². The van der Waals surface area contributed by atoms with Crippen molar-refractivity contribution in [2.75, 3.05) is 31.3 Å². The van der Waals surface area contributed by atoms with Gasteiger partial charge in [0.05, 0.1) is 11.6 Å². The minimum atomic E-state index is 0.0937. The van der Waals surface area contributed by atoms with E-state index in [9.17, 15) is 9.59 Å². The highest BCUT2D eigenvalue weighted by molar-refractivity contribution is 8.00. The van der Waals surface area contributed by atoms with Crippen molar-refractivity contribution in [1.82, 2.24) is 15.1 Å². The summed E-state index contributed by atoms with van der Waals surface area (Å²) in [6.07, 6.45) is 3.43. The molecule has 3 fully saturated rings. The maximum Gasteiger partial charge on any atom is 0.242 e. The van der Waals surface area contributed by atoms with Gasteiger partial charge in [0.1, 0.15) is 6.54 Å². The van der Waals surface area contributed by atoms with E-state index < -0.39 is 0 Å². The molecular formula is C17H23N3O2S2. The highest BCUT2D eigenvalue weighted by Crippen LogP contribution is 2.56. The highest BCUT2D eigenvalue weighted by Gasteiger charge is 2.57. The Morgan fingerprint density at radius 3 is 2.92 bits per heavy atom. The molecular weight excluding hydrogens is 342 g/mol. The van der Waals surface area contributed by atoms with Gasteiger partial charge in [0.15, 0.2) is 0 Å². The summed E-state index contributed by atoms with van der Waals surface area (Å²) in [7, 11) is 0. The molecule has 3 aliphatic rings. The quantitative estimate of drug-likeness (QED) is 0.864. The maximum absolute atomic E-state index is 13.0. The summed E-state index contributed by atoms with van der Waals surface area (Å²) in [5.74, 6) is 1.36. The number of rotatable bonds is 5. The predicted octanol–water partition coefficient (Wildman–Crippen LogP) is 1.75. The van der Waals surface area contributed by atoms with Crippen molar-refractivity contribution in [2.24, 2.45) is 5.41 Å². The third kappa shape index (κ3) is 3.21. The van der Waals surface area contributed by atoms with E-state index in [0.717, 1.165) is 32.4 Å². The van der Waals surface area contributed by atoms with Gasteiger partial charge in [-0.25, -0.2) is 0 Å². The molecule has 7 heteroatoms. The van der Waals surface area contributed by atoms with E-state index >= 15 is 0 Å². The Morgan fingerprint density at radius 1 is 1.42 bits per heavy atom. The van der Waals surface area contributed by atoms with E-state index in [1.165, 1.54) is 5.56 Å². The second kappa shape index (κ2) is 6.69. The summed E-state index contributed by atoms with van der Waals surface area (Å²) < 4.78 is 0. The average Bonchev–Trinajstić information content (AvgIpc) is 2.96. The molecule has 1 atom stereocenters. The normalized spacial score (nSPS) is 25.2. The Balaban J connectivity index is 1.48. The van der Waals surface area contributed by atoms with Gasteiger partial charge >= 0.3 is 0 Å². The number of hydrogen-bond acceptors (Lipinski definition) is 5. The molecule has 3 heterocycles. The number of amides is 2. The molecule has 0 aromatic carbocycles. The molecule has 5 nitrogen and oxygen atoms in total. The molecule has 1 aliphatic carbocycles. The molecule has 0 bridgehead atoms. The lowest BCUT2D eigenvalue weighted by Gasteiger charge is -2.30. The summed E-state index contributed by atoms with van der Waals surface area (Å²) in [4.78, 5) is 28.6. The molecule has 24 heavy (non-hydrogen) atoms. The molecule has 1 spiro atoms. The second-order valence-electron chi connectivity index (χ2n) is 7.05. The third-order valence-corrected chi connectivity index (χ3v) is 7.20. The van der Waals surface area contributed by atoms with Gasteiger partial charge in [-0.05, 0) is 60.2 Å². The molecule has 1 saturated carbocycles. The molecule has 1 aromatic rings. The Morgan fingerprint density at radius 2 is 2.25 bits per heavy atom. The van der Waals surface area contributed by atoms with Gasteiger partial charge in [-0.15, -0.1) is 11.8 Å². The fraction of sp³-hybridized carbons (Fsp3) is 0.647. The van der Waals surface area contributed by atoms with Gasteiger partial charge in [0, 0.05) is 12.6 Å². The summed E-state index contributed by atoms with van der Waals surface area (Å²) >= 11 is 3.26. The van der Waals surface area contributed by atoms with Gasteiger partial charge in [-0.2, -0.15) is 11.3 Å². The van der Waals surface area contributed by atoms with Crippen molar-refractivity contribution in [3.05, 3.63) is 22.4 Å². The molecule has 0 unspecified atom stereocenters. The van der Waals surface area contributed by atoms with Gasteiger partial charge < -0.3 is 15.1 Å². The van der Waals surface area contributed by atoms with E-state index in [4.69, 9.17) is 0 Å². The van der Waals surface area contributed by atoms with Crippen molar-refractivity contribution in [3.63, 3.8) is 0 Å². The molecule has 1 aromatic heterocycles. The van der Waals surface area contributed by atoms with Crippen LogP contribution in [0.15, 0.2) is 16.8 Å². The zero-order chi connectivity index (χ0) is 16.6. The lowest BCUT2D eigenvalue weighted by molar-refractivity contribution is -0.139. The molecule has 0 radical (unpaired) electrons. The maximum atomic E-state index is 13.0. The SMILES string of the molecule is O=C1CSCN1CC(=O)N(Cc1ccsc1)[C@@H]1CC12CCNCC2. The van der Waals surface area contributed by atoms with Crippen LogP contribution in [0, 0.1) is 5.41 Å². The number of nitrogens with one attached hydrogen (secondary N) is 1. The van der Waals surface area contributed by atoms with E-state index in [-0.39, 0.29) is 18.4 Å². The van der Waals surface area contributed by atoms with Crippen LogP contribution in [-0.2, 0) is 16.1 Å². The zero-order valence-electron chi connectivity index (χ0n) is 13.7. The van der Waals surface area contributed by atoms with E-state index in [2.05, 4.69) is 27.0 Å². The smallest absolute Gasteiger partial charge is 0.242 e. The van der Waals surface area contributed by atoms with Crippen molar-refractivity contribution in [2.45, 2.75) is 31.8 Å². The standard InChI is InChI=1S/C17H23N3O2S2/c21-15(9-19-12-24-11-16(19)22)20(8-13-1-6-23-10-13)14-7-17(14)2-4-18-5-3-17/h1,6,10,14,18H,2-5,7-9,11-12H2/t14-/m1/s1. The summed E-state index contributed by atoms with van der Waals surface area (Å²) in [5, 5.41) is 7.60. The number of thiophene rings is 1. The lowest BCUT2D eigenvalue weighted by Crippen LogP contribution is -2.44. The number of hydrogen-bond donors (Lipinski definition) is 1. The number of piperidine rings is 1. The van der Waals surface area contributed by atoms with Gasteiger partial charge in [0.25, 0.3) is 0 Å². The van der Waals surface area contributed by atoms with Crippen LogP contribution in [0.2, 0.25) is 0 Å². The summed E-state index contributed by atoms with van der Waals surface area (Å²) in [6, 6.07) is 2.44. The minimum Gasteiger partial charge on any atom is -0.333 e. The van der Waals surface area contributed by atoms with Crippen LogP contribution in [0.1, 0.15) is 24.8 Å². The number of carbonyl (C=O) groups excluding carboxylic acids is 2. The van der Waals surface area contributed by atoms with Crippen LogP contribution in [-0.4, -0.2) is 58.9 Å². The number of nitrogens with zero attached hydrogens (tertiary/aromatic N) is 2. The first-order chi connectivity index (χ1) is 11.7. The van der Waals surface area contributed by atoms with Gasteiger partial charge in [-0.3, -0.25) is 9.59 Å². The minimum absolute atomic E-state index is 0.0937. The predicted molar refractivity (Wildman–Crippen MR) is 96.8 cm³/mol. The van der Waals surface area contributed by atoms with E-state index in [1.807, 2.05) is 0 Å². The first-order valence-electron chi connectivity index (χ1n) is 8.55. The average molecular weight is 366 g/mol. The fourth-order valence-corrected chi connectivity index (χ4v) is 5.54. The Labute approximate surface area is 150 Å². The molecule has 2 amide bonds. The zero-order valence-corrected chi connectivity index (χ0v) is 15.3. The number of carbonyl (C=O) groups is 2. The highest BCUT2D eigenvalue weighted by atomic mass is 32.2. The van der Waals surface area contributed by atoms with Crippen molar-refractivity contribution < 1.29 is 9.59 Å². The molecule has 1 N–H and O–H groups in total. The van der Waals surface area contributed by atoms with Gasteiger partial charge in [-0.1, -0.05) is 0 Å². The van der Waals surface area contributed by atoms with Crippen LogP contribution >= 0.6 is 23.1 Å². The topological polar surface area (TPSA) is 52.7 Å². The Kier molecular flexibility index (Phi) is 4.58. The first kappa shape index (κ1) is 16.4. The van der Waals surface area contributed by atoms with Crippen LogP contribution in [0.25, 0.3) is 0 Å². The number of thioether (sulfide) groups is 1. The molecule has 2 aliphatic heterocycles. The summed E-state index contributed by atoms with van der Waals surface area (Å²) in [5.41, 5.74) is 1.52. The van der Waals surface area contributed by atoms with Gasteiger partial charge in [0.2, 0.25) is 11.8 Å². The second-order valence-corrected chi connectivity index (χ2v) is 8.79. The fourth-order valence-electron chi connectivity index (χ4n) is 3.97. The summed E-state index contributed by atoms with van der Waals surface area (Å²) in [6.45, 7) is 3.02. The molecule has 130 valence electrons. The first-order valence-corrected chi connectivity index (χ1v) is 10.6. The molecule has 2 saturated heterocycles. The van der Waals surface area contributed by atoms with Crippen LogP contribution in [0.3, 0.4) is 0 Å². The largest absolute Gasteiger partial charge is 0.333 e. The van der Waals surface area contributed by atoms with Crippen molar-refractivity contribution in [1.29, 1.82) is 0 Å². The van der Waals surface area contributed by atoms with Crippen LogP contribution < -0.4 is 5.32 Å². The monoisotopic (exact) mass is 365 g/mol. The van der Waals surface area contributed by atoms with Crippen LogP contribution in [0.5, 0.6) is 0 Å². The van der Waals surface area contributed by atoms with Crippen molar-refractivity contribution in [3.8, 4) is 0 Å². The van der Waals surface area contributed by atoms with Crippen molar-refractivity contribution >= 4 is 34.9 Å². The van der Waals surface area contributed by atoms with E-state index in [0.29, 0.717) is 29.6 Å². The Hall–Kier alpha value is -1.05. The Bertz CT molecular complexity index is 613. The third-order valence-electron chi connectivity index (χ3n) is 5.53.